The minimum atomic E-state index is -0.726. The number of H-pyrrole nitrogens is 1. The van der Waals surface area contributed by atoms with E-state index < -0.39 is 11.4 Å². The van der Waals surface area contributed by atoms with E-state index in [2.05, 4.69) is 14.7 Å². The van der Waals surface area contributed by atoms with Gasteiger partial charge in [-0.1, -0.05) is 0 Å². The molecule has 0 spiro atoms. The fourth-order valence-electron chi connectivity index (χ4n) is 1.88. The summed E-state index contributed by atoms with van der Waals surface area (Å²) in [5.41, 5.74) is 0.317. The summed E-state index contributed by atoms with van der Waals surface area (Å²) in [4.78, 5) is 30.9. The van der Waals surface area contributed by atoms with Crippen molar-refractivity contribution < 1.29 is 19.0 Å². The monoisotopic (exact) mass is 316 g/mol. The molecule has 120 valence electrons. The highest BCUT2D eigenvalue weighted by Gasteiger charge is 2.16. The van der Waals surface area contributed by atoms with Gasteiger partial charge in [0.05, 0.1) is 38.9 Å². The summed E-state index contributed by atoms with van der Waals surface area (Å²) < 4.78 is 14.7. The maximum Gasteiger partial charge on any atom is 0.344 e. The Morgan fingerprint density at radius 3 is 2.52 bits per heavy atom. The molecule has 0 aliphatic rings. The van der Waals surface area contributed by atoms with Gasteiger partial charge in [0.15, 0.2) is 5.88 Å². The molecule has 0 saturated carbocycles. The van der Waals surface area contributed by atoms with E-state index in [1.165, 1.54) is 20.3 Å². The van der Waals surface area contributed by atoms with E-state index in [0.717, 1.165) is 0 Å². The third-order valence-electron chi connectivity index (χ3n) is 3.06. The van der Waals surface area contributed by atoms with Crippen molar-refractivity contribution in [1.29, 1.82) is 0 Å². The van der Waals surface area contributed by atoms with Crippen LogP contribution in [0, 0.1) is 0 Å². The molecule has 0 amide bonds. The molecule has 7 heteroatoms. The quantitative estimate of drug-likeness (QED) is 0.845. The van der Waals surface area contributed by atoms with Crippen LogP contribution in [0.25, 0.3) is 12.2 Å². The Morgan fingerprint density at radius 1 is 1.17 bits per heavy atom. The largest absolute Gasteiger partial charge is 0.495 e. The number of aromatic nitrogens is 2. The molecule has 0 unspecified atom stereocenters. The average Bonchev–Trinajstić information content (AvgIpc) is 2.59. The topological polar surface area (TPSA) is 90.5 Å². The lowest BCUT2D eigenvalue weighted by Crippen LogP contribution is -2.19. The highest BCUT2D eigenvalue weighted by Crippen LogP contribution is 2.14. The molecule has 2 rings (SSSR count). The molecule has 0 aliphatic heterocycles. The SMILES string of the molecule is COC(=O)c1c(/C=C\c2ccc(OC)cn2)[nH]c(OC)cc1=O. The predicted octanol–water partition coefficient (Wildman–Crippen LogP) is 1.74. The molecule has 0 atom stereocenters. The second kappa shape index (κ2) is 7.26. The molecular weight excluding hydrogens is 300 g/mol. The first kappa shape index (κ1) is 16.3. The molecule has 0 radical (unpaired) electrons. The number of carbonyl (C=O) groups is 1. The molecule has 0 saturated heterocycles. The number of esters is 1. The van der Waals surface area contributed by atoms with Gasteiger partial charge in [-0.25, -0.2) is 4.79 Å². The van der Waals surface area contributed by atoms with Gasteiger partial charge < -0.3 is 19.2 Å². The van der Waals surface area contributed by atoms with Gasteiger partial charge in [0.2, 0.25) is 5.43 Å². The first-order chi connectivity index (χ1) is 11.1. The molecule has 23 heavy (non-hydrogen) atoms. The van der Waals surface area contributed by atoms with Crippen LogP contribution in [0.1, 0.15) is 21.7 Å². The fourth-order valence-corrected chi connectivity index (χ4v) is 1.88. The van der Waals surface area contributed by atoms with E-state index in [0.29, 0.717) is 11.4 Å². The van der Waals surface area contributed by atoms with Gasteiger partial charge in [-0.05, 0) is 24.3 Å². The van der Waals surface area contributed by atoms with Crippen LogP contribution in [0.15, 0.2) is 29.2 Å². The molecule has 2 aromatic heterocycles. The summed E-state index contributed by atoms with van der Waals surface area (Å²) in [5, 5.41) is 0. The highest BCUT2D eigenvalue weighted by atomic mass is 16.5. The third kappa shape index (κ3) is 3.76. The van der Waals surface area contributed by atoms with E-state index in [9.17, 15) is 9.59 Å². The first-order valence-electron chi connectivity index (χ1n) is 6.66. The molecular formula is C16H16N2O5. The van der Waals surface area contributed by atoms with Crippen molar-refractivity contribution in [2.75, 3.05) is 21.3 Å². The zero-order valence-electron chi connectivity index (χ0n) is 13.0. The molecule has 0 aromatic carbocycles. The zero-order valence-corrected chi connectivity index (χ0v) is 13.0. The Morgan fingerprint density at radius 2 is 1.96 bits per heavy atom. The number of nitrogens with one attached hydrogen (secondary N) is 1. The van der Waals surface area contributed by atoms with E-state index in [1.54, 1.807) is 37.6 Å². The van der Waals surface area contributed by atoms with Crippen molar-refractivity contribution in [3.8, 4) is 11.6 Å². The van der Waals surface area contributed by atoms with Crippen molar-refractivity contribution in [3.05, 3.63) is 51.6 Å². The number of nitrogens with zero attached hydrogens (tertiary/aromatic N) is 1. The lowest BCUT2D eigenvalue weighted by Gasteiger charge is -2.06. The first-order valence-corrected chi connectivity index (χ1v) is 6.66. The molecule has 7 nitrogen and oxygen atoms in total. The van der Waals surface area contributed by atoms with Crippen LogP contribution < -0.4 is 14.9 Å². The third-order valence-corrected chi connectivity index (χ3v) is 3.06. The summed E-state index contributed by atoms with van der Waals surface area (Å²) in [6.07, 6.45) is 4.77. The minimum Gasteiger partial charge on any atom is -0.495 e. The Balaban J connectivity index is 2.43. The second-order valence-corrected chi connectivity index (χ2v) is 4.44. The Kier molecular flexibility index (Phi) is 5.14. The molecule has 0 aliphatic carbocycles. The number of aromatic amines is 1. The summed E-state index contributed by atoms with van der Waals surface area (Å²) >= 11 is 0. The zero-order chi connectivity index (χ0) is 16.8. The van der Waals surface area contributed by atoms with Crippen LogP contribution in [0.5, 0.6) is 11.6 Å². The molecule has 2 aromatic rings. The van der Waals surface area contributed by atoms with E-state index in [4.69, 9.17) is 9.47 Å². The maximum absolute atomic E-state index is 12.0. The number of hydrogen-bond donors (Lipinski definition) is 1. The minimum absolute atomic E-state index is 0.0990. The summed E-state index contributed by atoms with van der Waals surface area (Å²) in [7, 11) is 4.18. The normalized spacial score (nSPS) is 10.6. The van der Waals surface area contributed by atoms with Crippen LogP contribution in [-0.4, -0.2) is 37.3 Å². The fraction of sp³-hybridized carbons (Fsp3) is 0.188. The number of methoxy groups -OCH3 is 3. The molecule has 2 heterocycles. The van der Waals surface area contributed by atoms with Gasteiger partial charge >= 0.3 is 5.97 Å². The Bertz CT molecular complexity index is 778. The van der Waals surface area contributed by atoms with Crippen LogP contribution in [0.2, 0.25) is 0 Å². The van der Waals surface area contributed by atoms with Gasteiger partial charge in [0.25, 0.3) is 0 Å². The summed E-state index contributed by atoms with van der Waals surface area (Å²) in [6.45, 7) is 0. The van der Waals surface area contributed by atoms with E-state index in [-0.39, 0.29) is 17.1 Å². The standard InChI is InChI=1S/C16H16N2O5/c1-21-11-6-4-10(17-9-11)5-7-12-15(16(20)23-3)13(19)8-14(18-12)22-2/h4-9H,1-3H3,(H,18,19)/b7-5-. The van der Waals surface area contributed by atoms with E-state index in [1.807, 2.05) is 0 Å². The Labute approximate surface area is 132 Å². The van der Waals surface area contributed by atoms with Gasteiger partial charge in [-0.15, -0.1) is 0 Å². The molecule has 0 bridgehead atoms. The van der Waals surface area contributed by atoms with Crippen LogP contribution >= 0.6 is 0 Å². The van der Waals surface area contributed by atoms with Crippen molar-refractivity contribution in [3.63, 3.8) is 0 Å². The van der Waals surface area contributed by atoms with Crippen molar-refractivity contribution in [1.82, 2.24) is 9.97 Å². The summed E-state index contributed by atoms with van der Waals surface area (Å²) in [5.74, 6) is 0.147. The van der Waals surface area contributed by atoms with Crippen molar-refractivity contribution in [2.45, 2.75) is 0 Å². The maximum atomic E-state index is 12.0. The Hall–Kier alpha value is -3.09. The van der Waals surface area contributed by atoms with Crippen molar-refractivity contribution in [2.24, 2.45) is 0 Å². The van der Waals surface area contributed by atoms with Crippen LogP contribution in [0.3, 0.4) is 0 Å². The number of hydrogen-bond acceptors (Lipinski definition) is 6. The van der Waals surface area contributed by atoms with E-state index >= 15 is 0 Å². The van der Waals surface area contributed by atoms with Crippen molar-refractivity contribution >= 4 is 18.1 Å². The number of carbonyl (C=O) groups excluding carboxylic acids is 1. The summed E-state index contributed by atoms with van der Waals surface area (Å²) in [6, 6.07) is 4.68. The highest BCUT2D eigenvalue weighted by molar-refractivity contribution is 5.93. The van der Waals surface area contributed by atoms with Gasteiger partial charge in [-0.3, -0.25) is 9.78 Å². The number of rotatable bonds is 5. The lowest BCUT2D eigenvalue weighted by atomic mass is 10.1. The predicted molar refractivity (Wildman–Crippen MR) is 84.7 cm³/mol. The smallest absolute Gasteiger partial charge is 0.344 e. The van der Waals surface area contributed by atoms with Crippen LogP contribution in [-0.2, 0) is 4.74 Å². The van der Waals surface area contributed by atoms with Crippen LogP contribution in [0.4, 0.5) is 0 Å². The molecule has 1 N–H and O–H groups in total. The van der Waals surface area contributed by atoms with Gasteiger partial charge in [0.1, 0.15) is 11.3 Å². The number of pyridine rings is 2. The lowest BCUT2D eigenvalue weighted by molar-refractivity contribution is 0.0598. The molecule has 0 fully saturated rings. The number of ether oxygens (including phenoxy) is 3. The van der Waals surface area contributed by atoms with Gasteiger partial charge in [0, 0.05) is 6.07 Å². The average molecular weight is 316 g/mol. The second-order valence-electron chi connectivity index (χ2n) is 4.44. The van der Waals surface area contributed by atoms with Gasteiger partial charge in [-0.2, -0.15) is 0 Å².